The van der Waals surface area contributed by atoms with Crippen molar-refractivity contribution in [1.82, 2.24) is 0 Å². The van der Waals surface area contributed by atoms with E-state index in [4.69, 9.17) is 16.3 Å². The van der Waals surface area contributed by atoms with E-state index in [0.717, 1.165) is 25.3 Å². The zero-order valence-electron chi connectivity index (χ0n) is 7.51. The van der Waals surface area contributed by atoms with Crippen LogP contribution in [0.4, 0.5) is 0 Å². The Morgan fingerprint density at radius 3 is 3.00 bits per heavy atom. The van der Waals surface area contributed by atoms with E-state index >= 15 is 0 Å². The van der Waals surface area contributed by atoms with Crippen molar-refractivity contribution in [3.63, 3.8) is 0 Å². The zero-order valence-corrected chi connectivity index (χ0v) is 10.7. The van der Waals surface area contributed by atoms with Crippen molar-refractivity contribution >= 4 is 49.0 Å². The third-order valence-electron chi connectivity index (χ3n) is 1.87. The number of rotatable bonds is 2. The topological polar surface area (TPSA) is 9.23 Å². The summed E-state index contributed by atoms with van der Waals surface area (Å²) in [6, 6.07) is 3.96. The molecular weight excluding hydrogens is 284 g/mol. The van der Waals surface area contributed by atoms with Crippen LogP contribution < -0.4 is 4.74 Å². The molecule has 0 saturated carbocycles. The number of benzene rings is 1. The van der Waals surface area contributed by atoms with E-state index in [1.54, 1.807) is 11.3 Å². The van der Waals surface area contributed by atoms with Gasteiger partial charge in [-0.1, -0.05) is 11.6 Å². The molecule has 0 saturated heterocycles. The molecule has 0 N–H and O–H groups in total. The van der Waals surface area contributed by atoms with Crippen LogP contribution in [0.25, 0.3) is 10.1 Å². The standard InChI is InChI=1S/C10H8BrClOS/c1-2-13-6-3-7(11)10-8(12)5-14-9(10)4-6/h3-5H,2H2,1H3. The van der Waals surface area contributed by atoms with E-state index in [1.807, 2.05) is 24.4 Å². The van der Waals surface area contributed by atoms with Crippen molar-refractivity contribution in [2.75, 3.05) is 6.61 Å². The summed E-state index contributed by atoms with van der Waals surface area (Å²) in [4.78, 5) is 0. The van der Waals surface area contributed by atoms with Crippen LogP contribution in [-0.2, 0) is 0 Å². The largest absolute Gasteiger partial charge is 0.494 e. The zero-order chi connectivity index (χ0) is 10.1. The van der Waals surface area contributed by atoms with Crippen LogP contribution in [0.5, 0.6) is 5.75 Å². The summed E-state index contributed by atoms with van der Waals surface area (Å²) in [7, 11) is 0. The lowest BCUT2D eigenvalue weighted by Gasteiger charge is -2.04. The minimum atomic E-state index is 0.678. The van der Waals surface area contributed by atoms with E-state index < -0.39 is 0 Å². The molecule has 0 aliphatic carbocycles. The molecular formula is C10H8BrClOS. The first-order valence-corrected chi connectivity index (χ1v) is 6.26. The molecule has 0 atom stereocenters. The molecule has 1 nitrogen and oxygen atoms in total. The fraction of sp³-hybridized carbons (Fsp3) is 0.200. The summed E-state index contributed by atoms with van der Waals surface area (Å²) in [5, 5.41) is 3.80. The predicted octanol–water partition coefficient (Wildman–Crippen LogP) is 4.72. The summed E-state index contributed by atoms with van der Waals surface area (Å²) in [5.41, 5.74) is 0. The number of halogens is 2. The van der Waals surface area contributed by atoms with Gasteiger partial charge in [0.25, 0.3) is 0 Å². The van der Waals surface area contributed by atoms with Crippen LogP contribution in [0.3, 0.4) is 0 Å². The SMILES string of the molecule is CCOc1cc(Br)c2c(Cl)csc2c1. The minimum Gasteiger partial charge on any atom is -0.494 e. The first-order valence-electron chi connectivity index (χ1n) is 4.21. The Balaban J connectivity index is 2.62. The quantitative estimate of drug-likeness (QED) is 0.778. The number of thiophene rings is 1. The van der Waals surface area contributed by atoms with Gasteiger partial charge in [0.2, 0.25) is 0 Å². The van der Waals surface area contributed by atoms with Crippen molar-refractivity contribution in [3.05, 3.63) is 27.0 Å². The maximum Gasteiger partial charge on any atom is 0.121 e. The lowest BCUT2D eigenvalue weighted by molar-refractivity contribution is 0.340. The molecule has 1 aromatic heterocycles. The summed E-state index contributed by atoms with van der Waals surface area (Å²) >= 11 is 11.2. The first kappa shape index (κ1) is 10.3. The molecule has 1 heterocycles. The summed E-state index contributed by atoms with van der Waals surface area (Å²) < 4.78 is 7.57. The number of fused-ring (bicyclic) bond motifs is 1. The van der Waals surface area contributed by atoms with Gasteiger partial charge in [-0.25, -0.2) is 0 Å². The summed E-state index contributed by atoms with van der Waals surface area (Å²) in [6.07, 6.45) is 0. The van der Waals surface area contributed by atoms with Crippen molar-refractivity contribution < 1.29 is 4.74 Å². The molecule has 74 valence electrons. The highest BCUT2D eigenvalue weighted by Gasteiger charge is 2.08. The molecule has 2 rings (SSSR count). The van der Waals surface area contributed by atoms with Gasteiger partial charge in [-0.3, -0.25) is 0 Å². The highest BCUT2D eigenvalue weighted by Crippen LogP contribution is 2.38. The smallest absolute Gasteiger partial charge is 0.121 e. The van der Waals surface area contributed by atoms with Gasteiger partial charge in [-0.05, 0) is 35.0 Å². The van der Waals surface area contributed by atoms with Crippen molar-refractivity contribution in [2.24, 2.45) is 0 Å². The van der Waals surface area contributed by atoms with E-state index in [0.29, 0.717) is 6.61 Å². The average molecular weight is 292 g/mol. The molecule has 0 amide bonds. The number of hydrogen-bond donors (Lipinski definition) is 0. The Morgan fingerprint density at radius 2 is 2.29 bits per heavy atom. The molecule has 4 heteroatoms. The van der Waals surface area contributed by atoms with E-state index in [1.165, 1.54) is 0 Å². The second kappa shape index (κ2) is 4.09. The lowest BCUT2D eigenvalue weighted by atomic mass is 10.2. The van der Waals surface area contributed by atoms with Crippen molar-refractivity contribution in [3.8, 4) is 5.75 Å². The molecule has 2 aromatic rings. The van der Waals surface area contributed by atoms with Crippen LogP contribution in [0.15, 0.2) is 22.0 Å². The second-order valence-corrected chi connectivity index (χ2v) is 4.97. The van der Waals surface area contributed by atoms with Gasteiger partial charge in [-0.15, -0.1) is 11.3 Å². The van der Waals surface area contributed by atoms with E-state index in [9.17, 15) is 0 Å². The van der Waals surface area contributed by atoms with Gasteiger partial charge in [-0.2, -0.15) is 0 Å². The molecule has 0 aliphatic heterocycles. The van der Waals surface area contributed by atoms with Gasteiger partial charge >= 0.3 is 0 Å². The highest BCUT2D eigenvalue weighted by atomic mass is 79.9. The second-order valence-electron chi connectivity index (χ2n) is 2.79. The maximum atomic E-state index is 6.05. The molecule has 0 bridgehead atoms. The lowest BCUT2D eigenvalue weighted by Crippen LogP contribution is -1.90. The normalized spacial score (nSPS) is 10.8. The maximum absolute atomic E-state index is 6.05. The van der Waals surface area contributed by atoms with Crippen LogP contribution in [0, 0.1) is 0 Å². The Hall–Kier alpha value is -0.250. The highest BCUT2D eigenvalue weighted by molar-refractivity contribution is 9.10. The number of hydrogen-bond acceptors (Lipinski definition) is 2. The van der Waals surface area contributed by atoms with E-state index in [2.05, 4.69) is 15.9 Å². The average Bonchev–Trinajstić information content (AvgIpc) is 2.48. The van der Waals surface area contributed by atoms with E-state index in [-0.39, 0.29) is 0 Å². The minimum absolute atomic E-state index is 0.678. The monoisotopic (exact) mass is 290 g/mol. The Labute approximate surface area is 99.8 Å². The Bertz CT molecular complexity index is 466. The predicted molar refractivity (Wildman–Crippen MR) is 65.7 cm³/mol. The van der Waals surface area contributed by atoms with Crippen LogP contribution in [0.1, 0.15) is 6.92 Å². The molecule has 0 fully saturated rings. The summed E-state index contributed by atoms with van der Waals surface area (Å²) in [6.45, 7) is 2.65. The van der Waals surface area contributed by atoms with Gasteiger partial charge in [0, 0.05) is 19.9 Å². The van der Waals surface area contributed by atoms with Crippen LogP contribution in [0.2, 0.25) is 5.02 Å². The Kier molecular flexibility index (Phi) is 3.00. The van der Waals surface area contributed by atoms with Crippen LogP contribution >= 0.6 is 38.9 Å². The molecule has 1 aromatic carbocycles. The van der Waals surface area contributed by atoms with Gasteiger partial charge in [0.15, 0.2) is 0 Å². The third kappa shape index (κ3) is 1.76. The molecule has 0 radical (unpaired) electrons. The molecule has 0 aliphatic rings. The molecule has 0 unspecified atom stereocenters. The van der Waals surface area contributed by atoms with Crippen molar-refractivity contribution in [2.45, 2.75) is 6.92 Å². The van der Waals surface area contributed by atoms with Gasteiger partial charge in [0.1, 0.15) is 5.75 Å². The summed E-state index contributed by atoms with van der Waals surface area (Å²) in [5.74, 6) is 0.880. The number of ether oxygens (including phenoxy) is 1. The van der Waals surface area contributed by atoms with Crippen LogP contribution in [-0.4, -0.2) is 6.61 Å². The first-order chi connectivity index (χ1) is 6.72. The molecule has 0 spiro atoms. The van der Waals surface area contributed by atoms with Crippen molar-refractivity contribution in [1.29, 1.82) is 0 Å². The van der Waals surface area contributed by atoms with Gasteiger partial charge < -0.3 is 4.74 Å². The third-order valence-corrected chi connectivity index (χ3v) is 3.85. The fourth-order valence-corrected chi connectivity index (χ4v) is 3.47. The Morgan fingerprint density at radius 1 is 1.50 bits per heavy atom. The van der Waals surface area contributed by atoms with Gasteiger partial charge in [0.05, 0.1) is 11.6 Å². The fourth-order valence-electron chi connectivity index (χ4n) is 1.31. The molecule has 14 heavy (non-hydrogen) atoms.